The van der Waals surface area contributed by atoms with Gasteiger partial charge in [-0.3, -0.25) is 14.8 Å². The van der Waals surface area contributed by atoms with Crippen molar-refractivity contribution in [1.82, 2.24) is 15.0 Å². The molecule has 0 radical (unpaired) electrons. The number of hydrogen-bond acceptors (Lipinski definition) is 5. The number of halogens is 3. The Balaban J connectivity index is 2.07. The molecule has 3 rings (SSSR count). The standard InChI is InChI=1S/C15H11F3N4O2/c16-15(17,18)12-7-14(24,11-4-2-6-20-9-11)22(21-12)13(23)10-3-1-5-19-8-10/h1-6,8-9,24H,7H2/t14-/m0/s1. The summed E-state index contributed by atoms with van der Waals surface area (Å²) in [7, 11) is 0. The van der Waals surface area contributed by atoms with Gasteiger partial charge >= 0.3 is 6.18 Å². The summed E-state index contributed by atoms with van der Waals surface area (Å²) in [6.45, 7) is 0. The van der Waals surface area contributed by atoms with Gasteiger partial charge in [0.15, 0.2) is 5.72 Å². The lowest BCUT2D eigenvalue weighted by Gasteiger charge is -2.31. The van der Waals surface area contributed by atoms with E-state index >= 15 is 0 Å². The number of nitrogens with zero attached hydrogens (tertiary/aromatic N) is 4. The Morgan fingerprint density at radius 1 is 1.17 bits per heavy atom. The minimum absolute atomic E-state index is 0.00647. The molecular formula is C15H11F3N4O2. The van der Waals surface area contributed by atoms with Gasteiger partial charge in [-0.05, 0) is 18.2 Å². The van der Waals surface area contributed by atoms with Gasteiger partial charge in [0, 0.05) is 30.4 Å². The van der Waals surface area contributed by atoms with E-state index in [9.17, 15) is 23.1 Å². The molecule has 0 spiro atoms. The Hall–Kier alpha value is -2.81. The van der Waals surface area contributed by atoms with Crippen molar-refractivity contribution >= 4 is 11.6 Å². The van der Waals surface area contributed by atoms with Gasteiger partial charge in [0.2, 0.25) is 0 Å². The monoisotopic (exact) mass is 336 g/mol. The Morgan fingerprint density at radius 2 is 1.83 bits per heavy atom. The number of hydrogen-bond donors (Lipinski definition) is 1. The molecule has 2 aromatic heterocycles. The number of rotatable bonds is 2. The molecule has 1 N–H and O–H groups in total. The largest absolute Gasteiger partial charge is 0.431 e. The fraction of sp³-hybridized carbons (Fsp3) is 0.200. The summed E-state index contributed by atoms with van der Waals surface area (Å²) in [4.78, 5) is 20.1. The molecule has 0 saturated heterocycles. The first-order valence-electron chi connectivity index (χ1n) is 6.84. The molecule has 9 heteroatoms. The fourth-order valence-corrected chi connectivity index (χ4v) is 2.35. The molecule has 2 aromatic rings. The predicted octanol–water partition coefficient (Wildman–Crippen LogP) is 2.09. The van der Waals surface area contributed by atoms with Crippen molar-refractivity contribution in [2.45, 2.75) is 18.3 Å². The summed E-state index contributed by atoms with van der Waals surface area (Å²) < 4.78 is 39.2. The van der Waals surface area contributed by atoms with Crippen LogP contribution in [0.3, 0.4) is 0 Å². The summed E-state index contributed by atoms with van der Waals surface area (Å²) in [5.74, 6) is -0.895. The maximum absolute atomic E-state index is 13.1. The number of carbonyl (C=O) groups is 1. The van der Waals surface area contributed by atoms with Crippen molar-refractivity contribution < 1.29 is 23.1 Å². The van der Waals surface area contributed by atoms with E-state index in [4.69, 9.17) is 0 Å². The van der Waals surface area contributed by atoms with Gasteiger partial charge in [0.05, 0.1) is 12.0 Å². The lowest BCUT2D eigenvalue weighted by Crippen LogP contribution is -2.43. The third-order valence-corrected chi connectivity index (χ3v) is 3.54. The second-order valence-corrected chi connectivity index (χ2v) is 5.14. The highest BCUT2D eigenvalue weighted by atomic mass is 19.4. The highest BCUT2D eigenvalue weighted by Gasteiger charge is 2.53. The lowest BCUT2D eigenvalue weighted by molar-refractivity contribution is -0.0818. The van der Waals surface area contributed by atoms with E-state index in [0.717, 1.165) is 0 Å². The number of alkyl halides is 3. The molecule has 0 aliphatic carbocycles. The highest BCUT2D eigenvalue weighted by Crippen LogP contribution is 2.39. The molecule has 0 aromatic carbocycles. The van der Waals surface area contributed by atoms with E-state index in [1.165, 1.54) is 49.1 Å². The van der Waals surface area contributed by atoms with Gasteiger partial charge in [0.1, 0.15) is 5.71 Å². The molecule has 6 nitrogen and oxygen atoms in total. The van der Waals surface area contributed by atoms with Crippen LogP contribution in [-0.2, 0) is 5.72 Å². The van der Waals surface area contributed by atoms with Crippen LogP contribution in [0.4, 0.5) is 13.2 Å². The van der Waals surface area contributed by atoms with E-state index < -0.39 is 29.9 Å². The summed E-state index contributed by atoms with van der Waals surface area (Å²) in [6.07, 6.45) is -0.446. The summed E-state index contributed by atoms with van der Waals surface area (Å²) >= 11 is 0. The summed E-state index contributed by atoms with van der Waals surface area (Å²) in [5, 5.41) is 14.6. The van der Waals surface area contributed by atoms with Gasteiger partial charge in [0.25, 0.3) is 5.91 Å². The first kappa shape index (κ1) is 16.1. The molecule has 3 heterocycles. The third kappa shape index (κ3) is 2.73. The zero-order valence-corrected chi connectivity index (χ0v) is 12.1. The summed E-state index contributed by atoms with van der Waals surface area (Å²) in [6, 6.07) is 5.66. The van der Waals surface area contributed by atoms with Crippen LogP contribution in [-0.4, -0.2) is 37.9 Å². The normalized spacial score (nSPS) is 20.8. The van der Waals surface area contributed by atoms with Crippen LogP contribution in [0, 0.1) is 0 Å². The van der Waals surface area contributed by atoms with Gasteiger partial charge in [-0.15, -0.1) is 0 Å². The van der Waals surface area contributed by atoms with Crippen molar-refractivity contribution in [2.75, 3.05) is 0 Å². The molecule has 0 fully saturated rings. The molecular weight excluding hydrogens is 325 g/mol. The zero-order chi connectivity index (χ0) is 17.4. The number of aromatic nitrogens is 2. The van der Waals surface area contributed by atoms with Crippen molar-refractivity contribution in [3.63, 3.8) is 0 Å². The molecule has 1 aliphatic rings. The number of aliphatic hydroxyl groups is 1. The average molecular weight is 336 g/mol. The van der Waals surface area contributed by atoms with E-state index in [2.05, 4.69) is 15.1 Å². The van der Waals surface area contributed by atoms with Gasteiger partial charge in [-0.25, -0.2) is 0 Å². The molecule has 0 bridgehead atoms. The average Bonchev–Trinajstić information content (AvgIpc) is 2.95. The van der Waals surface area contributed by atoms with E-state index in [1.807, 2.05) is 0 Å². The van der Waals surface area contributed by atoms with Crippen LogP contribution in [0.15, 0.2) is 54.2 Å². The minimum Gasteiger partial charge on any atom is -0.365 e. The maximum Gasteiger partial charge on any atom is 0.431 e. The molecule has 24 heavy (non-hydrogen) atoms. The molecule has 1 amide bonds. The fourth-order valence-electron chi connectivity index (χ4n) is 2.35. The Morgan fingerprint density at radius 3 is 2.38 bits per heavy atom. The molecule has 0 saturated carbocycles. The first-order chi connectivity index (χ1) is 11.3. The smallest absolute Gasteiger partial charge is 0.365 e. The second-order valence-electron chi connectivity index (χ2n) is 5.14. The maximum atomic E-state index is 13.1. The van der Waals surface area contributed by atoms with Crippen molar-refractivity contribution in [3.8, 4) is 0 Å². The van der Waals surface area contributed by atoms with E-state index in [0.29, 0.717) is 5.01 Å². The van der Waals surface area contributed by atoms with Crippen molar-refractivity contribution in [2.24, 2.45) is 5.10 Å². The third-order valence-electron chi connectivity index (χ3n) is 3.54. The Kier molecular flexibility index (Phi) is 3.80. The van der Waals surface area contributed by atoms with Crippen molar-refractivity contribution in [1.29, 1.82) is 0 Å². The second kappa shape index (κ2) is 5.68. The lowest BCUT2D eigenvalue weighted by atomic mass is 9.98. The first-order valence-corrected chi connectivity index (χ1v) is 6.84. The Bertz CT molecular complexity index is 780. The number of pyridine rings is 2. The van der Waals surface area contributed by atoms with Gasteiger partial charge in [-0.1, -0.05) is 6.07 Å². The predicted molar refractivity (Wildman–Crippen MR) is 76.6 cm³/mol. The van der Waals surface area contributed by atoms with Crippen LogP contribution < -0.4 is 0 Å². The van der Waals surface area contributed by atoms with Gasteiger partial charge < -0.3 is 5.11 Å². The van der Waals surface area contributed by atoms with Gasteiger partial charge in [-0.2, -0.15) is 23.3 Å². The van der Waals surface area contributed by atoms with Crippen LogP contribution in [0.1, 0.15) is 22.3 Å². The number of carbonyl (C=O) groups excluding carboxylic acids is 1. The molecule has 0 unspecified atom stereocenters. The van der Waals surface area contributed by atoms with Crippen LogP contribution in [0.25, 0.3) is 0 Å². The highest BCUT2D eigenvalue weighted by molar-refractivity contribution is 5.99. The molecule has 1 aliphatic heterocycles. The SMILES string of the molecule is O=C(c1cccnc1)N1N=C(C(F)(F)F)C[C@]1(O)c1cccnc1. The number of amides is 1. The topological polar surface area (TPSA) is 78.7 Å². The zero-order valence-electron chi connectivity index (χ0n) is 12.1. The number of hydrazone groups is 1. The van der Waals surface area contributed by atoms with Crippen LogP contribution in [0.5, 0.6) is 0 Å². The summed E-state index contributed by atoms with van der Waals surface area (Å²) in [5.41, 5.74) is -3.48. The van der Waals surface area contributed by atoms with Crippen LogP contribution >= 0.6 is 0 Å². The minimum atomic E-state index is -4.76. The molecule has 1 atom stereocenters. The quantitative estimate of drug-likeness (QED) is 0.911. The molecule has 124 valence electrons. The van der Waals surface area contributed by atoms with Crippen molar-refractivity contribution in [3.05, 3.63) is 60.2 Å². The van der Waals surface area contributed by atoms with Crippen LogP contribution in [0.2, 0.25) is 0 Å². The Labute approximate surface area is 134 Å². The van der Waals surface area contributed by atoms with E-state index in [1.54, 1.807) is 0 Å². The van der Waals surface area contributed by atoms with E-state index in [-0.39, 0.29) is 11.1 Å².